The molecule has 1 aromatic heterocycles. The van der Waals surface area contributed by atoms with Gasteiger partial charge in [-0.25, -0.2) is 0 Å². The predicted octanol–water partition coefficient (Wildman–Crippen LogP) is 5.42. The summed E-state index contributed by atoms with van der Waals surface area (Å²) >= 11 is 0. The van der Waals surface area contributed by atoms with Gasteiger partial charge in [0.15, 0.2) is 5.78 Å². The Hall–Kier alpha value is -1.38. The van der Waals surface area contributed by atoms with E-state index < -0.39 is 0 Å². The van der Waals surface area contributed by atoms with Gasteiger partial charge in [-0.05, 0) is 91.7 Å². The van der Waals surface area contributed by atoms with Gasteiger partial charge in [0.05, 0.1) is 5.69 Å². The van der Waals surface area contributed by atoms with Crippen molar-refractivity contribution >= 4 is 11.9 Å². The van der Waals surface area contributed by atoms with Gasteiger partial charge in [-0.15, -0.1) is 0 Å². The second-order valence-corrected chi connectivity index (χ2v) is 10.4. The summed E-state index contributed by atoms with van der Waals surface area (Å²) in [4.78, 5) is 13.4. The number of aryl methyl sites for hydroxylation is 1. The Bertz CT molecular complexity index is 792. The third kappa shape index (κ3) is 2.46. The van der Waals surface area contributed by atoms with Gasteiger partial charge in [-0.2, -0.15) is 5.10 Å². The molecule has 0 aliphatic heterocycles. The van der Waals surface area contributed by atoms with E-state index in [-0.39, 0.29) is 5.41 Å². The number of hydrogen-bond donors (Lipinski definition) is 0. The summed E-state index contributed by atoms with van der Waals surface area (Å²) in [6, 6.07) is 2.02. The fraction of sp³-hybridized carbons (Fsp3) is 0.750. The molecule has 4 aliphatic carbocycles. The molecule has 0 bridgehead atoms. The van der Waals surface area contributed by atoms with Crippen molar-refractivity contribution in [1.29, 1.82) is 0 Å². The van der Waals surface area contributed by atoms with E-state index in [9.17, 15) is 4.79 Å². The van der Waals surface area contributed by atoms with E-state index in [1.807, 2.05) is 24.0 Å². The first-order valence-corrected chi connectivity index (χ1v) is 11.2. The summed E-state index contributed by atoms with van der Waals surface area (Å²) in [7, 11) is 1.96. The fourth-order valence-electron chi connectivity index (χ4n) is 7.80. The zero-order chi connectivity index (χ0) is 18.8. The SMILES string of the molecule is Cn1nccc1/C=C1\C[C@@H]2[C@H]3CC[C@H]4CCCC[C@]4(C)[C@@H]3CC[C@]2(C)C1=O. The number of hydrogen-bond acceptors (Lipinski definition) is 2. The lowest BCUT2D eigenvalue weighted by molar-refractivity contribution is -0.137. The van der Waals surface area contributed by atoms with E-state index >= 15 is 0 Å². The third-order valence-electron chi connectivity index (χ3n) is 9.40. The fourth-order valence-corrected chi connectivity index (χ4v) is 7.80. The number of nitrogens with zero attached hydrogens (tertiary/aromatic N) is 2. The lowest BCUT2D eigenvalue weighted by atomic mass is 9.45. The zero-order valence-corrected chi connectivity index (χ0v) is 17.2. The maximum absolute atomic E-state index is 13.4. The molecule has 4 fully saturated rings. The van der Waals surface area contributed by atoms with E-state index in [0.717, 1.165) is 41.9 Å². The average Bonchev–Trinajstić information content (AvgIpc) is 3.17. The Morgan fingerprint density at radius 3 is 2.74 bits per heavy atom. The molecule has 4 saturated carbocycles. The van der Waals surface area contributed by atoms with Crippen molar-refractivity contribution < 1.29 is 4.79 Å². The van der Waals surface area contributed by atoms with Gasteiger partial charge in [0.25, 0.3) is 0 Å². The van der Waals surface area contributed by atoms with Crippen LogP contribution in [0, 0.1) is 34.5 Å². The lowest BCUT2D eigenvalue weighted by Crippen LogP contribution is -2.52. The minimum Gasteiger partial charge on any atom is -0.294 e. The second kappa shape index (κ2) is 6.06. The van der Waals surface area contributed by atoms with Gasteiger partial charge in [0.1, 0.15) is 0 Å². The molecule has 6 atom stereocenters. The van der Waals surface area contributed by atoms with Crippen LogP contribution < -0.4 is 0 Å². The molecule has 0 amide bonds. The van der Waals surface area contributed by atoms with Gasteiger partial charge < -0.3 is 0 Å². The van der Waals surface area contributed by atoms with Crippen LogP contribution in [0.4, 0.5) is 0 Å². The highest BCUT2D eigenvalue weighted by Crippen LogP contribution is 2.66. The molecule has 0 spiro atoms. The number of aromatic nitrogens is 2. The number of allylic oxidation sites excluding steroid dienone is 1. The van der Waals surface area contributed by atoms with Crippen LogP contribution >= 0.6 is 0 Å². The number of carbonyl (C=O) groups excluding carboxylic acids is 1. The van der Waals surface area contributed by atoms with Crippen molar-refractivity contribution in [2.24, 2.45) is 41.5 Å². The van der Waals surface area contributed by atoms with E-state index in [2.05, 4.69) is 25.0 Å². The number of Topliss-reactive ketones (excluding diaryl/α,β-unsaturated/α-hetero) is 1. The number of rotatable bonds is 1. The largest absolute Gasteiger partial charge is 0.294 e. The maximum atomic E-state index is 13.4. The normalized spacial score (nSPS) is 45.4. The first kappa shape index (κ1) is 17.7. The molecular formula is C24H34N2O. The van der Waals surface area contributed by atoms with Crippen molar-refractivity contribution in [3.63, 3.8) is 0 Å². The smallest absolute Gasteiger partial charge is 0.165 e. The lowest BCUT2D eigenvalue weighted by Gasteiger charge is -2.59. The van der Waals surface area contributed by atoms with Crippen LogP contribution in [0.5, 0.6) is 0 Å². The Balaban J connectivity index is 1.48. The molecule has 5 rings (SSSR count). The van der Waals surface area contributed by atoms with Gasteiger partial charge in [-0.1, -0.05) is 26.7 Å². The monoisotopic (exact) mass is 366 g/mol. The highest BCUT2D eigenvalue weighted by atomic mass is 16.1. The maximum Gasteiger partial charge on any atom is 0.165 e. The minimum atomic E-state index is -0.122. The van der Waals surface area contributed by atoms with E-state index in [0.29, 0.717) is 17.1 Å². The topological polar surface area (TPSA) is 34.9 Å². The van der Waals surface area contributed by atoms with Gasteiger partial charge >= 0.3 is 0 Å². The Morgan fingerprint density at radius 1 is 1.11 bits per heavy atom. The third-order valence-corrected chi connectivity index (χ3v) is 9.40. The Labute approximate surface area is 163 Å². The van der Waals surface area contributed by atoms with Gasteiger partial charge in [-0.3, -0.25) is 9.48 Å². The Kier molecular flexibility index (Phi) is 3.97. The van der Waals surface area contributed by atoms with Crippen LogP contribution in [-0.4, -0.2) is 15.6 Å². The second-order valence-electron chi connectivity index (χ2n) is 10.4. The van der Waals surface area contributed by atoms with Gasteiger partial charge in [0.2, 0.25) is 0 Å². The highest BCUT2D eigenvalue weighted by molar-refractivity contribution is 6.05. The summed E-state index contributed by atoms with van der Waals surface area (Å²) in [6.07, 6.45) is 15.8. The summed E-state index contributed by atoms with van der Waals surface area (Å²) in [6.45, 7) is 4.90. The van der Waals surface area contributed by atoms with Crippen LogP contribution in [-0.2, 0) is 11.8 Å². The minimum absolute atomic E-state index is 0.122. The van der Waals surface area contributed by atoms with E-state index in [4.69, 9.17) is 0 Å². The number of ketones is 1. The number of carbonyl (C=O) groups is 1. The summed E-state index contributed by atoms with van der Waals surface area (Å²) in [5, 5.41) is 4.27. The Morgan fingerprint density at radius 2 is 1.96 bits per heavy atom. The molecule has 1 aromatic rings. The molecule has 0 N–H and O–H groups in total. The number of fused-ring (bicyclic) bond motifs is 5. The van der Waals surface area contributed by atoms with Crippen molar-refractivity contribution in [1.82, 2.24) is 9.78 Å². The van der Waals surface area contributed by atoms with Crippen LogP contribution in [0.25, 0.3) is 6.08 Å². The average molecular weight is 367 g/mol. The van der Waals surface area contributed by atoms with Crippen molar-refractivity contribution in [3.8, 4) is 0 Å². The first-order valence-electron chi connectivity index (χ1n) is 11.2. The molecule has 3 nitrogen and oxygen atoms in total. The van der Waals surface area contributed by atoms with Crippen LogP contribution in [0.2, 0.25) is 0 Å². The molecule has 0 unspecified atom stereocenters. The standard InChI is InChI=1S/C24H34N2O/c1-23-11-5-4-6-17(23)7-8-19-20(23)9-12-24(2)21(19)15-16(22(24)27)14-18-10-13-25-26(18)3/h10,13-14,17,19-21H,4-9,11-12,15H2,1-3H3/b16-14+/t17-,19+,20-,21-,23+,24+/m1/s1. The quantitative estimate of drug-likeness (QED) is 0.622. The molecule has 146 valence electrons. The zero-order valence-electron chi connectivity index (χ0n) is 17.2. The molecule has 0 radical (unpaired) electrons. The summed E-state index contributed by atoms with van der Waals surface area (Å²) < 4.78 is 1.88. The summed E-state index contributed by atoms with van der Waals surface area (Å²) in [5.74, 6) is 3.53. The van der Waals surface area contributed by atoms with E-state index in [1.165, 1.54) is 44.9 Å². The predicted molar refractivity (Wildman–Crippen MR) is 108 cm³/mol. The van der Waals surface area contributed by atoms with Crippen molar-refractivity contribution in [2.75, 3.05) is 0 Å². The van der Waals surface area contributed by atoms with E-state index in [1.54, 1.807) is 0 Å². The molecule has 1 heterocycles. The molecule has 0 aromatic carbocycles. The van der Waals surface area contributed by atoms with Gasteiger partial charge in [0, 0.05) is 18.7 Å². The van der Waals surface area contributed by atoms with Crippen molar-refractivity contribution in [2.45, 2.75) is 71.6 Å². The first-order chi connectivity index (χ1) is 12.9. The molecule has 3 heteroatoms. The molecule has 27 heavy (non-hydrogen) atoms. The van der Waals surface area contributed by atoms with Crippen LogP contribution in [0.3, 0.4) is 0 Å². The molecular weight excluding hydrogens is 332 g/mol. The molecule has 4 aliphatic rings. The van der Waals surface area contributed by atoms with Crippen LogP contribution in [0.15, 0.2) is 17.8 Å². The van der Waals surface area contributed by atoms with Crippen molar-refractivity contribution in [3.05, 3.63) is 23.5 Å². The highest BCUT2D eigenvalue weighted by Gasteiger charge is 2.60. The summed E-state index contributed by atoms with van der Waals surface area (Å²) in [5.41, 5.74) is 2.53. The molecule has 0 saturated heterocycles. The van der Waals surface area contributed by atoms with Crippen LogP contribution in [0.1, 0.15) is 77.3 Å².